The van der Waals surface area contributed by atoms with Crippen molar-refractivity contribution in [1.29, 1.82) is 0 Å². The van der Waals surface area contributed by atoms with Crippen LogP contribution < -0.4 is 0 Å². The van der Waals surface area contributed by atoms with Gasteiger partial charge < -0.3 is 0 Å². The van der Waals surface area contributed by atoms with E-state index in [9.17, 15) is 0 Å². The molecule has 1 spiro atoms. The molecule has 2 fully saturated rings. The van der Waals surface area contributed by atoms with Gasteiger partial charge in [0, 0.05) is 12.8 Å². The first-order valence-electron chi connectivity index (χ1n) is 4.27. The van der Waals surface area contributed by atoms with Crippen molar-refractivity contribution < 1.29 is 0 Å². The second-order valence-corrected chi connectivity index (χ2v) is 4.20. The fourth-order valence-corrected chi connectivity index (χ4v) is 2.58. The van der Waals surface area contributed by atoms with E-state index in [1.807, 2.05) is 0 Å². The van der Waals surface area contributed by atoms with Crippen molar-refractivity contribution in [2.24, 2.45) is 5.41 Å². The van der Waals surface area contributed by atoms with E-state index < -0.39 is 0 Å². The van der Waals surface area contributed by atoms with Crippen LogP contribution in [0.5, 0.6) is 0 Å². The standard InChI is InChI=1S/C8H16NP/c10-7-9-5-4-8(6-9)2-1-3-8/h1-7,10H2. The highest BCUT2D eigenvalue weighted by Gasteiger charge is 2.41. The third-order valence-corrected chi connectivity index (χ3v) is 3.71. The number of rotatable bonds is 1. The third-order valence-electron chi connectivity index (χ3n) is 3.19. The number of nitrogens with zero attached hydrogens (tertiary/aromatic N) is 1. The van der Waals surface area contributed by atoms with Gasteiger partial charge >= 0.3 is 0 Å². The highest BCUT2D eigenvalue weighted by molar-refractivity contribution is 7.16. The predicted molar refractivity (Wildman–Crippen MR) is 47.1 cm³/mol. The highest BCUT2D eigenvalue weighted by Crippen LogP contribution is 2.47. The van der Waals surface area contributed by atoms with Gasteiger partial charge in [-0.3, -0.25) is 4.90 Å². The van der Waals surface area contributed by atoms with Crippen LogP contribution in [0.15, 0.2) is 0 Å². The molecular weight excluding hydrogens is 141 g/mol. The smallest absolute Gasteiger partial charge is 0.0126 e. The summed E-state index contributed by atoms with van der Waals surface area (Å²) in [5.74, 6) is 0. The monoisotopic (exact) mass is 157 g/mol. The topological polar surface area (TPSA) is 3.24 Å². The van der Waals surface area contributed by atoms with Gasteiger partial charge in [-0.1, -0.05) is 6.42 Å². The first kappa shape index (κ1) is 7.06. The third kappa shape index (κ3) is 1.00. The van der Waals surface area contributed by atoms with Crippen molar-refractivity contribution in [2.75, 3.05) is 19.4 Å². The minimum Gasteiger partial charge on any atom is -0.299 e. The molecule has 1 aliphatic carbocycles. The van der Waals surface area contributed by atoms with E-state index in [0.717, 1.165) is 5.41 Å². The molecule has 10 heavy (non-hydrogen) atoms. The maximum atomic E-state index is 2.82. The lowest BCUT2D eigenvalue weighted by molar-refractivity contribution is 0.144. The molecule has 1 saturated heterocycles. The molecule has 1 aliphatic heterocycles. The minimum absolute atomic E-state index is 0.802. The second kappa shape index (κ2) is 2.46. The van der Waals surface area contributed by atoms with E-state index in [2.05, 4.69) is 14.1 Å². The Hall–Kier alpha value is 0.390. The van der Waals surface area contributed by atoms with E-state index in [1.54, 1.807) is 0 Å². The molecule has 0 aromatic heterocycles. The zero-order valence-corrected chi connectivity index (χ0v) is 7.63. The Labute approximate surface area is 65.4 Å². The molecule has 0 bridgehead atoms. The first-order chi connectivity index (χ1) is 4.85. The second-order valence-electron chi connectivity index (χ2n) is 3.84. The fourth-order valence-electron chi connectivity index (χ4n) is 2.27. The number of likely N-dealkylation sites (tertiary alicyclic amines) is 1. The highest BCUT2D eigenvalue weighted by atomic mass is 31.0. The summed E-state index contributed by atoms with van der Waals surface area (Å²) in [4.78, 5) is 2.56. The van der Waals surface area contributed by atoms with Crippen molar-refractivity contribution in [3.63, 3.8) is 0 Å². The molecule has 0 aromatic carbocycles. The molecule has 1 saturated carbocycles. The van der Waals surface area contributed by atoms with Crippen molar-refractivity contribution >= 4 is 9.24 Å². The van der Waals surface area contributed by atoms with Gasteiger partial charge in [0.15, 0.2) is 0 Å². The minimum atomic E-state index is 0.802. The Morgan fingerprint density at radius 3 is 2.40 bits per heavy atom. The summed E-state index contributed by atoms with van der Waals surface area (Å²) in [5, 5.41) is 0. The Morgan fingerprint density at radius 2 is 2.10 bits per heavy atom. The van der Waals surface area contributed by atoms with Gasteiger partial charge in [0.1, 0.15) is 0 Å². The maximum absolute atomic E-state index is 2.82. The molecule has 1 heterocycles. The largest absolute Gasteiger partial charge is 0.299 e. The lowest BCUT2D eigenvalue weighted by Crippen LogP contribution is -2.32. The average Bonchev–Trinajstić information content (AvgIpc) is 2.29. The molecule has 1 nitrogen and oxygen atoms in total. The zero-order chi connectivity index (χ0) is 7.03. The normalized spacial score (nSPS) is 30.9. The molecular formula is C8H16NP. The zero-order valence-electron chi connectivity index (χ0n) is 6.47. The molecule has 1 unspecified atom stereocenters. The molecule has 0 N–H and O–H groups in total. The Bertz CT molecular complexity index is 131. The van der Waals surface area contributed by atoms with Crippen LogP contribution in [0.4, 0.5) is 0 Å². The van der Waals surface area contributed by atoms with Gasteiger partial charge in [-0.15, -0.1) is 9.24 Å². The predicted octanol–water partition coefficient (Wildman–Crippen LogP) is 1.70. The van der Waals surface area contributed by atoms with Gasteiger partial charge in [0.05, 0.1) is 0 Å². The van der Waals surface area contributed by atoms with Gasteiger partial charge in [0.2, 0.25) is 0 Å². The fraction of sp³-hybridized carbons (Fsp3) is 1.00. The van der Waals surface area contributed by atoms with E-state index in [1.165, 1.54) is 45.1 Å². The molecule has 1 atom stereocenters. The lowest BCUT2D eigenvalue weighted by Gasteiger charge is -2.38. The SMILES string of the molecule is PCN1CCC2(CCC2)C1. The van der Waals surface area contributed by atoms with Crippen LogP contribution in [-0.2, 0) is 0 Å². The number of hydrogen-bond donors (Lipinski definition) is 0. The summed E-state index contributed by atoms with van der Waals surface area (Å²) in [6.07, 6.45) is 7.16. The van der Waals surface area contributed by atoms with Gasteiger partial charge in [-0.25, -0.2) is 0 Å². The van der Waals surface area contributed by atoms with Crippen LogP contribution >= 0.6 is 9.24 Å². The molecule has 0 radical (unpaired) electrons. The van der Waals surface area contributed by atoms with Crippen molar-refractivity contribution in [3.05, 3.63) is 0 Å². The molecule has 58 valence electrons. The van der Waals surface area contributed by atoms with Crippen LogP contribution in [0.1, 0.15) is 25.7 Å². The molecule has 2 rings (SSSR count). The molecule has 0 aromatic rings. The van der Waals surface area contributed by atoms with E-state index >= 15 is 0 Å². The van der Waals surface area contributed by atoms with Crippen LogP contribution in [-0.4, -0.2) is 24.3 Å². The summed E-state index contributed by atoms with van der Waals surface area (Å²) in [7, 11) is 2.82. The quantitative estimate of drug-likeness (QED) is 0.523. The summed E-state index contributed by atoms with van der Waals surface area (Å²) >= 11 is 0. The Kier molecular flexibility index (Phi) is 1.74. The summed E-state index contributed by atoms with van der Waals surface area (Å²) in [5.41, 5.74) is 0.802. The summed E-state index contributed by atoms with van der Waals surface area (Å²) in [6.45, 7) is 2.74. The van der Waals surface area contributed by atoms with Crippen LogP contribution in [0.2, 0.25) is 0 Å². The Balaban J connectivity index is 1.92. The van der Waals surface area contributed by atoms with Crippen LogP contribution in [0.3, 0.4) is 0 Å². The molecule has 0 amide bonds. The molecule has 2 aliphatic rings. The van der Waals surface area contributed by atoms with E-state index in [-0.39, 0.29) is 0 Å². The van der Waals surface area contributed by atoms with E-state index in [4.69, 9.17) is 0 Å². The Morgan fingerprint density at radius 1 is 1.30 bits per heavy atom. The lowest BCUT2D eigenvalue weighted by atomic mass is 9.68. The molecule has 2 heteroatoms. The van der Waals surface area contributed by atoms with E-state index in [0.29, 0.717) is 0 Å². The van der Waals surface area contributed by atoms with Crippen molar-refractivity contribution in [3.8, 4) is 0 Å². The maximum Gasteiger partial charge on any atom is 0.0126 e. The van der Waals surface area contributed by atoms with Gasteiger partial charge in [-0.2, -0.15) is 0 Å². The van der Waals surface area contributed by atoms with Gasteiger partial charge in [-0.05, 0) is 31.2 Å². The average molecular weight is 157 g/mol. The van der Waals surface area contributed by atoms with Crippen LogP contribution in [0, 0.1) is 5.41 Å². The first-order valence-corrected chi connectivity index (χ1v) is 5.09. The van der Waals surface area contributed by atoms with Gasteiger partial charge in [0.25, 0.3) is 0 Å². The van der Waals surface area contributed by atoms with Crippen LogP contribution in [0.25, 0.3) is 0 Å². The summed E-state index contributed by atoms with van der Waals surface area (Å²) < 4.78 is 0. The number of hydrogen-bond acceptors (Lipinski definition) is 1. The van der Waals surface area contributed by atoms with Crippen molar-refractivity contribution in [1.82, 2.24) is 4.90 Å². The van der Waals surface area contributed by atoms with Crippen molar-refractivity contribution in [2.45, 2.75) is 25.7 Å². The summed E-state index contributed by atoms with van der Waals surface area (Å²) in [6, 6.07) is 0.